The lowest BCUT2D eigenvalue weighted by atomic mass is 10.1. The highest BCUT2D eigenvalue weighted by atomic mass is 16.6. The molecule has 1 heterocycles. The van der Waals surface area contributed by atoms with Gasteiger partial charge in [0.05, 0.1) is 10.8 Å². The van der Waals surface area contributed by atoms with Crippen molar-refractivity contribution in [2.45, 2.75) is 26.5 Å². The van der Waals surface area contributed by atoms with Crippen molar-refractivity contribution in [1.29, 1.82) is 0 Å². The van der Waals surface area contributed by atoms with Crippen molar-refractivity contribution in [2.24, 2.45) is 5.92 Å². The topological polar surface area (TPSA) is 102 Å². The second-order valence-corrected chi connectivity index (χ2v) is 8.31. The quantitative estimate of drug-likeness (QED) is 0.403. The van der Waals surface area contributed by atoms with E-state index in [9.17, 15) is 19.7 Å². The van der Waals surface area contributed by atoms with Gasteiger partial charge in [-0.05, 0) is 54.4 Å². The van der Waals surface area contributed by atoms with Crippen molar-refractivity contribution in [3.8, 4) is 5.75 Å². The van der Waals surface area contributed by atoms with Crippen LogP contribution in [0.15, 0.2) is 72.8 Å². The molecule has 0 aliphatic carbocycles. The second kappa shape index (κ2) is 10.2. The van der Waals surface area contributed by atoms with E-state index < -0.39 is 10.8 Å². The van der Waals surface area contributed by atoms with Crippen LogP contribution in [0, 0.1) is 23.0 Å². The largest absolute Gasteiger partial charge is 0.489 e. The number of ether oxygens (including phenoxy) is 1. The van der Waals surface area contributed by atoms with Gasteiger partial charge in [-0.3, -0.25) is 19.7 Å². The van der Waals surface area contributed by atoms with Gasteiger partial charge in [0.2, 0.25) is 11.8 Å². The molecule has 0 radical (unpaired) electrons. The molecule has 1 aliphatic heterocycles. The maximum Gasteiger partial charge on any atom is 0.269 e. The van der Waals surface area contributed by atoms with Gasteiger partial charge in [-0.15, -0.1) is 0 Å². The van der Waals surface area contributed by atoms with Crippen LogP contribution in [-0.4, -0.2) is 23.3 Å². The van der Waals surface area contributed by atoms with Crippen LogP contribution >= 0.6 is 0 Å². The molecule has 1 aliphatic rings. The van der Waals surface area contributed by atoms with Crippen LogP contribution in [0.4, 0.5) is 11.4 Å². The van der Waals surface area contributed by atoms with E-state index in [1.54, 1.807) is 41.3 Å². The zero-order valence-corrected chi connectivity index (χ0v) is 18.8. The first kappa shape index (κ1) is 23.0. The molecule has 8 heteroatoms. The van der Waals surface area contributed by atoms with E-state index in [0.29, 0.717) is 24.5 Å². The van der Waals surface area contributed by atoms with Gasteiger partial charge in [0.15, 0.2) is 0 Å². The van der Waals surface area contributed by atoms with Crippen LogP contribution in [0.2, 0.25) is 0 Å². The van der Waals surface area contributed by atoms with Crippen LogP contribution < -0.4 is 15.0 Å². The summed E-state index contributed by atoms with van der Waals surface area (Å²) in [6.07, 6.45) is 0.179. The summed E-state index contributed by atoms with van der Waals surface area (Å²) < 4.78 is 5.74. The van der Waals surface area contributed by atoms with Gasteiger partial charge < -0.3 is 15.0 Å². The van der Waals surface area contributed by atoms with E-state index in [4.69, 9.17) is 4.74 Å². The van der Waals surface area contributed by atoms with Gasteiger partial charge >= 0.3 is 0 Å². The average Bonchev–Trinajstić information content (AvgIpc) is 3.24. The van der Waals surface area contributed by atoms with Crippen molar-refractivity contribution < 1.29 is 19.2 Å². The molecule has 1 atom stereocenters. The molecule has 0 spiro atoms. The van der Waals surface area contributed by atoms with Gasteiger partial charge in [0.1, 0.15) is 12.4 Å². The number of aryl methyl sites for hydroxylation is 1. The van der Waals surface area contributed by atoms with Gasteiger partial charge in [-0.1, -0.05) is 29.8 Å². The number of nitro benzene ring substituents is 1. The molecule has 8 nitrogen and oxygen atoms in total. The number of nitrogens with zero attached hydrogens (tertiary/aromatic N) is 2. The molecule has 0 bridgehead atoms. The Morgan fingerprint density at radius 3 is 2.32 bits per heavy atom. The van der Waals surface area contributed by atoms with Gasteiger partial charge in [-0.2, -0.15) is 0 Å². The number of rotatable bonds is 8. The normalized spacial score (nSPS) is 15.3. The maximum absolute atomic E-state index is 12.6. The number of hydrogen-bond donors (Lipinski definition) is 1. The summed E-state index contributed by atoms with van der Waals surface area (Å²) in [5.41, 5.74) is 3.73. The van der Waals surface area contributed by atoms with Gasteiger partial charge in [0, 0.05) is 37.3 Å². The Morgan fingerprint density at radius 1 is 1.03 bits per heavy atom. The van der Waals surface area contributed by atoms with Gasteiger partial charge in [-0.25, -0.2) is 0 Å². The Morgan fingerprint density at radius 2 is 1.68 bits per heavy atom. The summed E-state index contributed by atoms with van der Waals surface area (Å²) in [5, 5.41) is 13.7. The van der Waals surface area contributed by atoms with Crippen LogP contribution in [0.3, 0.4) is 0 Å². The fourth-order valence-electron chi connectivity index (χ4n) is 3.78. The third-order valence-corrected chi connectivity index (χ3v) is 5.78. The lowest BCUT2D eigenvalue weighted by Gasteiger charge is -2.17. The van der Waals surface area contributed by atoms with Crippen LogP contribution in [-0.2, 0) is 22.7 Å². The van der Waals surface area contributed by atoms with Crippen molar-refractivity contribution in [3.05, 3.63) is 99.6 Å². The lowest BCUT2D eigenvalue weighted by Crippen LogP contribution is -2.32. The number of carbonyl (C=O) groups is 2. The fraction of sp³-hybridized carbons (Fsp3) is 0.231. The highest BCUT2D eigenvalue weighted by molar-refractivity contribution is 6.00. The number of carbonyl (C=O) groups excluding carboxylic acids is 2. The van der Waals surface area contributed by atoms with Crippen LogP contribution in [0.25, 0.3) is 0 Å². The number of amides is 2. The molecule has 1 saturated heterocycles. The minimum Gasteiger partial charge on any atom is -0.489 e. The number of hydrogen-bond acceptors (Lipinski definition) is 5. The fourth-order valence-corrected chi connectivity index (χ4v) is 3.78. The highest BCUT2D eigenvalue weighted by Crippen LogP contribution is 2.27. The third kappa shape index (κ3) is 5.58. The Labute approximate surface area is 197 Å². The van der Waals surface area contributed by atoms with E-state index in [1.807, 2.05) is 31.2 Å². The molecule has 1 unspecified atom stereocenters. The summed E-state index contributed by atoms with van der Waals surface area (Å²) >= 11 is 0. The summed E-state index contributed by atoms with van der Waals surface area (Å²) in [4.78, 5) is 37.0. The first-order valence-electron chi connectivity index (χ1n) is 11.0. The van der Waals surface area contributed by atoms with E-state index in [1.165, 1.54) is 12.1 Å². The summed E-state index contributed by atoms with van der Waals surface area (Å²) in [7, 11) is 0. The molecule has 0 aromatic heterocycles. The summed E-state index contributed by atoms with van der Waals surface area (Å²) in [5.74, 6) is 0.00617. The van der Waals surface area contributed by atoms with Crippen LogP contribution in [0.1, 0.15) is 23.1 Å². The standard InChI is InChI=1S/C26H25N3O5/c1-18-2-4-19(5-3-18)15-27-26(31)21-14-25(30)28(16-21)22-10-12-24(13-11-22)34-17-20-6-8-23(9-7-20)29(32)33/h2-13,21H,14-17H2,1H3,(H,27,31). The van der Waals surface area contributed by atoms with E-state index in [-0.39, 0.29) is 30.5 Å². The molecule has 2 amide bonds. The monoisotopic (exact) mass is 459 g/mol. The summed E-state index contributed by atoms with van der Waals surface area (Å²) in [6, 6.07) is 21.2. The predicted octanol–water partition coefficient (Wildman–Crippen LogP) is 4.15. The molecular formula is C26H25N3O5. The van der Waals surface area contributed by atoms with E-state index in [2.05, 4.69) is 5.32 Å². The molecule has 3 aromatic carbocycles. The predicted molar refractivity (Wildman–Crippen MR) is 127 cm³/mol. The number of anilines is 1. The first-order valence-corrected chi connectivity index (χ1v) is 11.0. The molecule has 174 valence electrons. The molecule has 34 heavy (non-hydrogen) atoms. The van der Waals surface area contributed by atoms with Crippen molar-refractivity contribution >= 4 is 23.2 Å². The Hall–Kier alpha value is -4.20. The number of nitro groups is 1. The maximum atomic E-state index is 12.6. The molecular weight excluding hydrogens is 434 g/mol. The molecule has 0 saturated carbocycles. The summed E-state index contributed by atoms with van der Waals surface area (Å²) in [6.45, 7) is 3.05. The van der Waals surface area contributed by atoms with Gasteiger partial charge in [0.25, 0.3) is 5.69 Å². The Kier molecular flexibility index (Phi) is 6.87. The molecule has 1 N–H and O–H groups in total. The molecule has 4 rings (SSSR count). The second-order valence-electron chi connectivity index (χ2n) is 8.31. The van der Waals surface area contributed by atoms with E-state index in [0.717, 1.165) is 16.7 Å². The van der Waals surface area contributed by atoms with E-state index >= 15 is 0 Å². The zero-order valence-electron chi connectivity index (χ0n) is 18.8. The Balaban J connectivity index is 1.29. The average molecular weight is 460 g/mol. The third-order valence-electron chi connectivity index (χ3n) is 5.78. The number of non-ortho nitro benzene ring substituents is 1. The van der Waals surface area contributed by atoms with Crippen molar-refractivity contribution in [3.63, 3.8) is 0 Å². The highest BCUT2D eigenvalue weighted by Gasteiger charge is 2.35. The van der Waals surface area contributed by atoms with Crippen LogP contribution in [0.5, 0.6) is 5.75 Å². The van der Waals surface area contributed by atoms with Crippen molar-refractivity contribution in [1.82, 2.24) is 5.32 Å². The lowest BCUT2D eigenvalue weighted by molar-refractivity contribution is -0.384. The molecule has 1 fully saturated rings. The number of benzene rings is 3. The molecule has 3 aromatic rings. The SMILES string of the molecule is Cc1ccc(CNC(=O)C2CC(=O)N(c3ccc(OCc4ccc([N+](=O)[O-])cc4)cc3)C2)cc1. The zero-order chi connectivity index (χ0) is 24.1. The number of nitrogens with one attached hydrogen (secondary N) is 1. The minimum absolute atomic E-state index is 0.0329. The first-order chi connectivity index (χ1) is 16.4. The smallest absolute Gasteiger partial charge is 0.269 e. The Bertz CT molecular complexity index is 1170. The van der Waals surface area contributed by atoms with Crippen molar-refractivity contribution in [2.75, 3.05) is 11.4 Å². The minimum atomic E-state index is -0.443.